The van der Waals surface area contributed by atoms with Crippen LogP contribution < -0.4 is 0 Å². The third kappa shape index (κ3) is 7.43. The summed E-state index contributed by atoms with van der Waals surface area (Å²) in [5, 5.41) is 0. The Kier molecular flexibility index (Phi) is 9.17. The predicted octanol–water partition coefficient (Wildman–Crippen LogP) is 7.04. The highest BCUT2D eigenvalue weighted by Crippen LogP contribution is 2.39. The number of rotatable bonds is 10. The molecule has 0 radical (unpaired) electrons. The number of benzene rings is 4. The molecule has 1 saturated heterocycles. The van der Waals surface area contributed by atoms with Gasteiger partial charge in [0, 0.05) is 19.6 Å². The SMILES string of the molecule is O=C([C@H](Cc1ccccc1)CN(Cc1ccccc1)Cc1ccccc1)N1[C@H](C(F)(F)F)OC[C@H]1c1ccccc1. The van der Waals surface area contributed by atoms with Gasteiger partial charge >= 0.3 is 6.18 Å². The minimum absolute atomic E-state index is 0.213. The second-order valence-electron chi connectivity index (χ2n) is 10.4. The molecule has 0 aromatic heterocycles. The molecule has 1 heterocycles. The Hall–Kier alpha value is -3.94. The molecule has 0 spiro atoms. The van der Waals surface area contributed by atoms with E-state index >= 15 is 0 Å². The number of hydrogen-bond acceptors (Lipinski definition) is 3. The summed E-state index contributed by atoms with van der Waals surface area (Å²) in [6, 6.07) is 37.3. The van der Waals surface area contributed by atoms with Gasteiger partial charge in [-0.3, -0.25) is 14.6 Å². The lowest BCUT2D eigenvalue weighted by molar-refractivity contribution is -0.240. The van der Waals surface area contributed by atoms with Crippen molar-refractivity contribution in [3.05, 3.63) is 144 Å². The molecule has 1 aliphatic heterocycles. The van der Waals surface area contributed by atoms with Gasteiger partial charge in [-0.25, -0.2) is 0 Å². The molecule has 41 heavy (non-hydrogen) atoms. The zero-order valence-corrected chi connectivity index (χ0v) is 22.7. The van der Waals surface area contributed by atoms with E-state index in [1.54, 1.807) is 30.3 Å². The first-order valence-corrected chi connectivity index (χ1v) is 13.8. The lowest BCUT2D eigenvalue weighted by Gasteiger charge is -2.35. The number of carbonyl (C=O) groups is 1. The van der Waals surface area contributed by atoms with Crippen LogP contribution in [0.5, 0.6) is 0 Å². The summed E-state index contributed by atoms with van der Waals surface area (Å²) in [7, 11) is 0. The van der Waals surface area contributed by atoms with E-state index in [1.807, 2.05) is 91.0 Å². The number of hydrogen-bond donors (Lipinski definition) is 0. The highest BCUT2D eigenvalue weighted by atomic mass is 19.4. The quantitative estimate of drug-likeness (QED) is 0.209. The molecule has 3 atom stereocenters. The lowest BCUT2D eigenvalue weighted by Crippen LogP contribution is -2.50. The van der Waals surface area contributed by atoms with E-state index in [-0.39, 0.29) is 13.2 Å². The molecule has 0 unspecified atom stereocenters. The Morgan fingerprint density at radius 3 is 1.71 bits per heavy atom. The van der Waals surface area contributed by atoms with Crippen LogP contribution in [0, 0.1) is 5.92 Å². The van der Waals surface area contributed by atoms with Crippen LogP contribution >= 0.6 is 0 Å². The number of alkyl halides is 3. The number of carbonyl (C=O) groups excluding carboxylic acids is 1. The van der Waals surface area contributed by atoms with Crippen LogP contribution in [0.1, 0.15) is 28.3 Å². The smallest absolute Gasteiger partial charge is 0.347 e. The topological polar surface area (TPSA) is 32.8 Å². The summed E-state index contributed by atoms with van der Waals surface area (Å²) in [4.78, 5) is 17.4. The van der Waals surface area contributed by atoms with Crippen molar-refractivity contribution < 1.29 is 22.7 Å². The van der Waals surface area contributed by atoms with Crippen LogP contribution in [0.4, 0.5) is 13.2 Å². The first-order chi connectivity index (χ1) is 19.9. The van der Waals surface area contributed by atoms with E-state index < -0.39 is 30.3 Å². The summed E-state index contributed by atoms with van der Waals surface area (Å²) in [6.45, 7) is 1.17. The third-order valence-corrected chi connectivity index (χ3v) is 7.37. The van der Waals surface area contributed by atoms with E-state index in [9.17, 15) is 18.0 Å². The van der Waals surface area contributed by atoms with E-state index in [1.165, 1.54) is 0 Å². The molecule has 7 heteroatoms. The second kappa shape index (κ2) is 13.1. The molecule has 212 valence electrons. The van der Waals surface area contributed by atoms with Crippen LogP contribution in [0.15, 0.2) is 121 Å². The fourth-order valence-electron chi connectivity index (χ4n) is 5.48. The van der Waals surface area contributed by atoms with Gasteiger partial charge in [0.2, 0.25) is 12.1 Å². The standard InChI is InChI=1S/C34H33F3N2O2/c35-34(36,37)33-39(31(25-41-33)29-19-11-4-12-20-29)32(40)30(21-26-13-5-1-6-14-26)24-38(22-27-15-7-2-8-16-27)23-28-17-9-3-10-18-28/h1-20,30-31,33H,21-25H2/t30-,31+,33+/m1/s1. The molecule has 1 aliphatic rings. The van der Waals surface area contributed by atoms with Crippen molar-refractivity contribution >= 4 is 5.91 Å². The van der Waals surface area contributed by atoms with Crippen molar-refractivity contribution in [2.75, 3.05) is 13.2 Å². The Bertz CT molecular complexity index is 1330. The van der Waals surface area contributed by atoms with Gasteiger partial charge < -0.3 is 4.74 Å². The average molecular weight is 559 g/mol. The first kappa shape index (κ1) is 28.6. The molecule has 5 rings (SSSR count). The van der Waals surface area contributed by atoms with Crippen LogP contribution in [-0.4, -0.2) is 41.3 Å². The maximum Gasteiger partial charge on any atom is 0.433 e. The van der Waals surface area contributed by atoms with Crippen LogP contribution in [-0.2, 0) is 29.0 Å². The van der Waals surface area contributed by atoms with Gasteiger partial charge in [0.05, 0.1) is 18.6 Å². The fraction of sp³-hybridized carbons (Fsp3) is 0.265. The highest BCUT2D eigenvalue weighted by molar-refractivity contribution is 5.80. The van der Waals surface area contributed by atoms with Gasteiger partial charge in [-0.15, -0.1) is 0 Å². The van der Waals surface area contributed by atoms with Crippen molar-refractivity contribution in [3.8, 4) is 0 Å². The molecule has 0 saturated carbocycles. The summed E-state index contributed by atoms with van der Waals surface area (Å²) in [6.07, 6.45) is -6.71. The highest BCUT2D eigenvalue weighted by Gasteiger charge is 2.54. The minimum Gasteiger partial charge on any atom is -0.347 e. The summed E-state index contributed by atoms with van der Waals surface area (Å²) in [5.74, 6) is -1.30. The second-order valence-corrected chi connectivity index (χ2v) is 10.4. The Balaban J connectivity index is 1.50. The minimum atomic E-state index is -4.72. The summed E-state index contributed by atoms with van der Waals surface area (Å²) in [5.41, 5.74) is 3.64. The monoisotopic (exact) mass is 558 g/mol. The molecule has 1 fully saturated rings. The molecule has 4 nitrogen and oxygen atoms in total. The van der Waals surface area contributed by atoms with Gasteiger partial charge in [-0.2, -0.15) is 13.2 Å². The zero-order chi connectivity index (χ0) is 28.7. The Morgan fingerprint density at radius 2 is 1.22 bits per heavy atom. The fourth-order valence-corrected chi connectivity index (χ4v) is 5.48. The van der Waals surface area contributed by atoms with Crippen molar-refractivity contribution in [3.63, 3.8) is 0 Å². The van der Waals surface area contributed by atoms with Crippen molar-refractivity contribution in [2.45, 2.75) is 38.0 Å². The molecule has 1 amide bonds. The molecule has 0 aliphatic carbocycles. The van der Waals surface area contributed by atoms with Crippen molar-refractivity contribution in [1.82, 2.24) is 9.80 Å². The van der Waals surface area contributed by atoms with Crippen LogP contribution in [0.3, 0.4) is 0 Å². The van der Waals surface area contributed by atoms with E-state index in [2.05, 4.69) is 4.90 Å². The van der Waals surface area contributed by atoms with E-state index in [0.29, 0.717) is 25.1 Å². The normalized spacial score (nSPS) is 18.0. The Morgan fingerprint density at radius 1 is 0.756 bits per heavy atom. The molecule has 4 aromatic rings. The maximum absolute atomic E-state index is 14.4. The van der Waals surface area contributed by atoms with Gasteiger partial charge in [-0.1, -0.05) is 121 Å². The molecule has 0 N–H and O–H groups in total. The van der Waals surface area contributed by atoms with Gasteiger partial charge in [0.25, 0.3) is 0 Å². The van der Waals surface area contributed by atoms with Crippen LogP contribution in [0.2, 0.25) is 0 Å². The third-order valence-electron chi connectivity index (χ3n) is 7.37. The molecule has 0 bridgehead atoms. The molecular formula is C34H33F3N2O2. The number of nitrogens with zero attached hydrogens (tertiary/aromatic N) is 2. The lowest BCUT2D eigenvalue weighted by atomic mass is 9.95. The maximum atomic E-state index is 14.4. The zero-order valence-electron chi connectivity index (χ0n) is 22.7. The van der Waals surface area contributed by atoms with Crippen molar-refractivity contribution in [2.24, 2.45) is 5.92 Å². The molecule has 4 aromatic carbocycles. The van der Waals surface area contributed by atoms with E-state index in [0.717, 1.165) is 21.6 Å². The summed E-state index contributed by atoms with van der Waals surface area (Å²) < 4.78 is 48.1. The number of halogens is 3. The average Bonchev–Trinajstić information content (AvgIpc) is 3.45. The largest absolute Gasteiger partial charge is 0.433 e. The number of ether oxygens (including phenoxy) is 1. The van der Waals surface area contributed by atoms with Gasteiger partial charge in [-0.05, 0) is 28.7 Å². The van der Waals surface area contributed by atoms with Crippen molar-refractivity contribution in [1.29, 1.82) is 0 Å². The number of amides is 1. The first-order valence-electron chi connectivity index (χ1n) is 13.8. The molecular weight excluding hydrogens is 525 g/mol. The summed E-state index contributed by atoms with van der Waals surface area (Å²) >= 11 is 0. The van der Waals surface area contributed by atoms with Gasteiger partial charge in [0.15, 0.2) is 0 Å². The van der Waals surface area contributed by atoms with Gasteiger partial charge in [0.1, 0.15) is 0 Å². The predicted molar refractivity (Wildman–Crippen MR) is 152 cm³/mol. The van der Waals surface area contributed by atoms with Crippen LogP contribution in [0.25, 0.3) is 0 Å². The Labute approximate surface area is 239 Å². The van der Waals surface area contributed by atoms with E-state index in [4.69, 9.17) is 4.74 Å².